The van der Waals surface area contributed by atoms with E-state index < -0.39 is 23.1 Å². The molecule has 0 bridgehead atoms. The van der Waals surface area contributed by atoms with Crippen molar-refractivity contribution in [2.75, 3.05) is 20.2 Å². The first kappa shape index (κ1) is 13.9. The van der Waals surface area contributed by atoms with Crippen molar-refractivity contribution < 1.29 is 22.7 Å². The Morgan fingerprint density at radius 2 is 2.16 bits per heavy atom. The fraction of sp³-hybridized carbons (Fsp3) is 0.462. The van der Waals surface area contributed by atoms with Gasteiger partial charge in [-0.25, -0.2) is 0 Å². The van der Waals surface area contributed by atoms with Gasteiger partial charge in [0.15, 0.2) is 0 Å². The van der Waals surface area contributed by atoms with Crippen molar-refractivity contribution in [3.8, 4) is 0 Å². The molecule has 1 unspecified atom stereocenters. The van der Waals surface area contributed by atoms with Crippen molar-refractivity contribution in [1.82, 2.24) is 5.32 Å². The summed E-state index contributed by atoms with van der Waals surface area (Å²) in [6, 6.07) is 4.89. The van der Waals surface area contributed by atoms with Gasteiger partial charge in [-0.05, 0) is 24.6 Å². The number of esters is 1. The van der Waals surface area contributed by atoms with E-state index in [9.17, 15) is 18.0 Å². The van der Waals surface area contributed by atoms with Crippen LogP contribution in [0.4, 0.5) is 13.2 Å². The maximum Gasteiger partial charge on any atom is 0.416 e. The number of nitrogens with one attached hydrogen (secondary N) is 1. The zero-order valence-corrected chi connectivity index (χ0v) is 10.4. The van der Waals surface area contributed by atoms with Crippen LogP contribution in [0.2, 0.25) is 0 Å². The van der Waals surface area contributed by atoms with Crippen molar-refractivity contribution in [3.05, 3.63) is 35.4 Å². The Morgan fingerprint density at radius 3 is 2.68 bits per heavy atom. The second kappa shape index (κ2) is 4.85. The van der Waals surface area contributed by atoms with E-state index in [0.717, 1.165) is 12.1 Å². The molecule has 6 heteroatoms. The lowest BCUT2D eigenvalue weighted by Gasteiger charge is -2.26. The molecule has 3 nitrogen and oxygen atoms in total. The summed E-state index contributed by atoms with van der Waals surface area (Å²) in [5, 5.41) is 3.00. The number of halogens is 3. The summed E-state index contributed by atoms with van der Waals surface area (Å²) in [5.41, 5.74) is -1.42. The molecule has 0 aromatic heterocycles. The molecule has 2 rings (SSSR count). The lowest BCUT2D eigenvalue weighted by Crippen LogP contribution is -2.39. The second-order valence-corrected chi connectivity index (χ2v) is 4.58. The first-order valence-corrected chi connectivity index (χ1v) is 5.87. The lowest BCUT2D eigenvalue weighted by atomic mass is 9.79. The molecule has 0 radical (unpaired) electrons. The van der Waals surface area contributed by atoms with Crippen LogP contribution in [0.3, 0.4) is 0 Å². The van der Waals surface area contributed by atoms with E-state index >= 15 is 0 Å². The summed E-state index contributed by atoms with van der Waals surface area (Å²) in [6.07, 6.45) is -3.99. The summed E-state index contributed by atoms with van der Waals surface area (Å²) in [5.74, 6) is -0.503. The minimum Gasteiger partial charge on any atom is -0.468 e. The number of carbonyl (C=O) groups is 1. The second-order valence-electron chi connectivity index (χ2n) is 4.58. The van der Waals surface area contributed by atoms with Gasteiger partial charge in [0.2, 0.25) is 0 Å². The van der Waals surface area contributed by atoms with E-state index in [-0.39, 0.29) is 0 Å². The Bertz CT molecular complexity index is 479. The molecule has 0 spiro atoms. The van der Waals surface area contributed by atoms with E-state index in [1.54, 1.807) is 6.07 Å². The Kier molecular flexibility index (Phi) is 3.54. The molecule has 1 aliphatic heterocycles. The molecular weight excluding hydrogens is 259 g/mol. The van der Waals surface area contributed by atoms with Gasteiger partial charge in [0.25, 0.3) is 0 Å². The summed E-state index contributed by atoms with van der Waals surface area (Å²) in [6.45, 7) is 0.867. The van der Waals surface area contributed by atoms with Crippen molar-refractivity contribution in [3.63, 3.8) is 0 Å². The predicted octanol–water partition coefficient (Wildman–Crippen LogP) is 2.11. The molecule has 1 aromatic carbocycles. The van der Waals surface area contributed by atoms with Gasteiger partial charge in [0.1, 0.15) is 5.41 Å². The molecule has 1 aliphatic rings. The molecule has 1 saturated heterocycles. The molecule has 1 fully saturated rings. The minimum atomic E-state index is -4.42. The maximum absolute atomic E-state index is 12.7. The number of benzene rings is 1. The Hall–Kier alpha value is -1.56. The summed E-state index contributed by atoms with van der Waals surface area (Å²) in [7, 11) is 1.25. The molecule has 1 heterocycles. The van der Waals surface area contributed by atoms with Gasteiger partial charge in [-0.15, -0.1) is 0 Å². The van der Waals surface area contributed by atoms with Crippen molar-refractivity contribution in [2.24, 2.45) is 0 Å². The Labute approximate surface area is 108 Å². The van der Waals surface area contributed by atoms with Crippen molar-refractivity contribution in [2.45, 2.75) is 18.0 Å². The first-order valence-electron chi connectivity index (χ1n) is 5.87. The lowest BCUT2D eigenvalue weighted by molar-refractivity contribution is -0.147. The van der Waals surface area contributed by atoms with Gasteiger partial charge in [-0.2, -0.15) is 13.2 Å². The van der Waals surface area contributed by atoms with Gasteiger partial charge in [0, 0.05) is 6.54 Å². The average Bonchev–Trinajstić information content (AvgIpc) is 2.87. The monoisotopic (exact) mass is 273 g/mol. The van der Waals surface area contributed by atoms with Crippen LogP contribution in [0.5, 0.6) is 0 Å². The predicted molar refractivity (Wildman–Crippen MR) is 62.6 cm³/mol. The third-order valence-electron chi connectivity index (χ3n) is 3.47. The van der Waals surface area contributed by atoms with Crippen LogP contribution in [0.1, 0.15) is 17.5 Å². The smallest absolute Gasteiger partial charge is 0.416 e. The van der Waals surface area contributed by atoms with Crippen LogP contribution in [0.25, 0.3) is 0 Å². The molecule has 104 valence electrons. The summed E-state index contributed by atoms with van der Waals surface area (Å²) in [4.78, 5) is 12.0. The van der Waals surface area contributed by atoms with Crippen LogP contribution in [-0.2, 0) is 21.1 Å². The first-order chi connectivity index (χ1) is 8.90. The highest BCUT2D eigenvalue weighted by atomic mass is 19.4. The standard InChI is InChI=1S/C13H14F3NO2/c1-19-11(18)12(5-6-17-8-12)9-3-2-4-10(7-9)13(14,15)16/h2-4,7,17H,5-6,8H2,1H3. The van der Waals surface area contributed by atoms with Crippen molar-refractivity contribution in [1.29, 1.82) is 0 Å². The van der Waals surface area contributed by atoms with Gasteiger partial charge in [-0.1, -0.05) is 18.2 Å². The Morgan fingerprint density at radius 1 is 1.42 bits per heavy atom. The number of rotatable bonds is 2. The van der Waals surface area contributed by atoms with E-state index in [2.05, 4.69) is 5.32 Å². The van der Waals surface area contributed by atoms with Crippen molar-refractivity contribution >= 4 is 5.97 Å². The van der Waals surface area contributed by atoms with Gasteiger partial charge in [0.05, 0.1) is 12.7 Å². The summed E-state index contributed by atoms with van der Waals surface area (Å²) >= 11 is 0. The van der Waals surface area contributed by atoms with E-state index in [0.29, 0.717) is 25.1 Å². The molecular formula is C13H14F3NO2. The van der Waals surface area contributed by atoms with Crippen LogP contribution in [-0.4, -0.2) is 26.2 Å². The molecule has 0 amide bonds. The normalized spacial score (nSPS) is 23.4. The molecule has 1 N–H and O–H groups in total. The number of ether oxygens (including phenoxy) is 1. The summed E-state index contributed by atoms with van der Waals surface area (Å²) < 4.78 is 42.9. The average molecular weight is 273 g/mol. The highest BCUT2D eigenvalue weighted by Gasteiger charge is 2.45. The van der Waals surface area contributed by atoms with Crippen LogP contribution in [0.15, 0.2) is 24.3 Å². The molecule has 19 heavy (non-hydrogen) atoms. The van der Waals surface area contributed by atoms with E-state index in [1.165, 1.54) is 13.2 Å². The quantitative estimate of drug-likeness (QED) is 0.839. The zero-order chi connectivity index (χ0) is 14.1. The highest BCUT2D eigenvalue weighted by Crippen LogP contribution is 2.36. The molecule has 0 aliphatic carbocycles. The van der Waals surface area contributed by atoms with Crippen LogP contribution >= 0.6 is 0 Å². The third kappa shape index (κ3) is 2.45. The highest BCUT2D eigenvalue weighted by molar-refractivity contribution is 5.84. The SMILES string of the molecule is COC(=O)C1(c2cccc(C(F)(F)F)c2)CCNC1. The third-order valence-corrected chi connectivity index (χ3v) is 3.47. The number of hydrogen-bond donors (Lipinski definition) is 1. The fourth-order valence-corrected chi connectivity index (χ4v) is 2.42. The zero-order valence-electron chi connectivity index (χ0n) is 10.4. The Balaban J connectivity index is 2.46. The maximum atomic E-state index is 12.7. The molecule has 1 atom stereocenters. The fourth-order valence-electron chi connectivity index (χ4n) is 2.42. The number of methoxy groups -OCH3 is 1. The van der Waals surface area contributed by atoms with Gasteiger partial charge >= 0.3 is 12.1 Å². The number of alkyl halides is 3. The van der Waals surface area contributed by atoms with Crippen LogP contribution < -0.4 is 5.32 Å². The minimum absolute atomic E-state index is 0.293. The van der Waals surface area contributed by atoms with Gasteiger partial charge < -0.3 is 10.1 Å². The number of carbonyl (C=O) groups excluding carboxylic acids is 1. The van der Waals surface area contributed by atoms with E-state index in [4.69, 9.17) is 4.74 Å². The van der Waals surface area contributed by atoms with E-state index in [1.807, 2.05) is 0 Å². The number of hydrogen-bond acceptors (Lipinski definition) is 3. The van der Waals surface area contributed by atoms with Gasteiger partial charge in [-0.3, -0.25) is 4.79 Å². The van der Waals surface area contributed by atoms with Crippen LogP contribution in [0, 0.1) is 0 Å². The molecule has 1 aromatic rings. The topological polar surface area (TPSA) is 38.3 Å². The molecule has 0 saturated carbocycles. The largest absolute Gasteiger partial charge is 0.468 e.